The molecule has 0 amide bonds. The molecule has 0 unspecified atom stereocenters. The van der Waals surface area contributed by atoms with E-state index >= 15 is 0 Å². The first-order valence-corrected chi connectivity index (χ1v) is 5.33. The number of carbonyl (C=O) groups excluding carboxylic acids is 1. The highest BCUT2D eigenvalue weighted by molar-refractivity contribution is 5.54. The molecule has 1 aliphatic rings. The number of para-hydroxylation sites is 2. The zero-order valence-corrected chi connectivity index (χ0v) is 8.96. The fourth-order valence-electron chi connectivity index (χ4n) is 2.08. The lowest BCUT2D eigenvalue weighted by atomic mass is 9.95. The number of hydrogen-bond acceptors (Lipinski definition) is 3. The molecule has 0 atom stereocenters. The summed E-state index contributed by atoms with van der Waals surface area (Å²) in [5.74, 6) is 1.49. The average molecular weight is 223 g/mol. The predicted octanol–water partition coefficient (Wildman–Crippen LogP) is 3.22. The number of isocyanates is 1. The number of nitrogens with zero attached hydrogens (tertiary/aromatic N) is 1. The van der Waals surface area contributed by atoms with E-state index in [0.717, 1.165) is 22.6 Å². The quantitative estimate of drug-likeness (QED) is 0.550. The van der Waals surface area contributed by atoms with E-state index in [4.69, 9.17) is 4.74 Å². The first-order chi connectivity index (χ1) is 8.40. The Morgan fingerprint density at radius 2 is 1.47 bits per heavy atom. The normalized spacial score (nSPS) is 12.9. The van der Waals surface area contributed by atoms with Gasteiger partial charge in [-0.2, -0.15) is 4.99 Å². The van der Waals surface area contributed by atoms with Crippen molar-refractivity contribution in [3.05, 3.63) is 59.7 Å². The van der Waals surface area contributed by atoms with Crippen molar-refractivity contribution in [2.75, 3.05) is 0 Å². The van der Waals surface area contributed by atoms with E-state index in [0.29, 0.717) is 0 Å². The maximum atomic E-state index is 10.6. The van der Waals surface area contributed by atoms with E-state index in [1.807, 2.05) is 48.5 Å². The Balaban J connectivity index is 2.24. The van der Waals surface area contributed by atoms with Gasteiger partial charge in [0.25, 0.3) is 0 Å². The molecule has 3 rings (SSSR count). The second-order valence-electron chi connectivity index (χ2n) is 3.80. The minimum absolute atomic E-state index is 0.311. The molecule has 3 nitrogen and oxygen atoms in total. The third kappa shape index (κ3) is 1.53. The molecule has 0 N–H and O–H groups in total. The molecule has 3 heteroatoms. The second kappa shape index (κ2) is 3.89. The summed E-state index contributed by atoms with van der Waals surface area (Å²) in [4.78, 5) is 14.4. The number of rotatable bonds is 1. The Bertz CT molecular complexity index is 570. The van der Waals surface area contributed by atoms with Crippen LogP contribution in [-0.4, -0.2) is 6.08 Å². The van der Waals surface area contributed by atoms with Crippen molar-refractivity contribution in [2.24, 2.45) is 4.99 Å². The van der Waals surface area contributed by atoms with Crippen molar-refractivity contribution < 1.29 is 9.53 Å². The second-order valence-corrected chi connectivity index (χ2v) is 3.80. The average Bonchev–Trinajstić information content (AvgIpc) is 2.39. The van der Waals surface area contributed by atoms with E-state index in [1.165, 1.54) is 0 Å². The monoisotopic (exact) mass is 223 g/mol. The van der Waals surface area contributed by atoms with Gasteiger partial charge in [0.2, 0.25) is 6.08 Å². The molecule has 0 saturated heterocycles. The van der Waals surface area contributed by atoms with Crippen molar-refractivity contribution in [3.8, 4) is 11.5 Å². The summed E-state index contributed by atoms with van der Waals surface area (Å²) in [7, 11) is 0. The van der Waals surface area contributed by atoms with Crippen LogP contribution < -0.4 is 4.74 Å². The van der Waals surface area contributed by atoms with Crippen LogP contribution in [0.3, 0.4) is 0 Å². The van der Waals surface area contributed by atoms with Crippen LogP contribution >= 0.6 is 0 Å². The molecule has 17 heavy (non-hydrogen) atoms. The Kier molecular flexibility index (Phi) is 2.25. The molecule has 0 bridgehead atoms. The molecule has 0 fully saturated rings. The van der Waals surface area contributed by atoms with Gasteiger partial charge >= 0.3 is 0 Å². The van der Waals surface area contributed by atoms with Gasteiger partial charge in [0.15, 0.2) is 0 Å². The minimum Gasteiger partial charge on any atom is -0.457 e. The van der Waals surface area contributed by atoms with Gasteiger partial charge in [-0.25, -0.2) is 4.79 Å². The summed E-state index contributed by atoms with van der Waals surface area (Å²) in [6.45, 7) is 0. The van der Waals surface area contributed by atoms with Crippen LogP contribution in [0.1, 0.15) is 17.2 Å². The SMILES string of the molecule is O=C=NC1c2ccccc2Oc2ccccc21. The van der Waals surface area contributed by atoms with Gasteiger partial charge in [-0.05, 0) is 12.1 Å². The molecule has 1 aliphatic heterocycles. The van der Waals surface area contributed by atoms with E-state index in [2.05, 4.69) is 4.99 Å². The predicted molar refractivity (Wildman–Crippen MR) is 62.9 cm³/mol. The number of ether oxygens (including phenoxy) is 1. The number of hydrogen-bond donors (Lipinski definition) is 0. The Morgan fingerprint density at radius 1 is 0.941 bits per heavy atom. The topological polar surface area (TPSA) is 38.7 Å². The van der Waals surface area contributed by atoms with Gasteiger partial charge < -0.3 is 4.74 Å². The van der Waals surface area contributed by atoms with Crippen LogP contribution in [0.4, 0.5) is 0 Å². The zero-order chi connectivity index (χ0) is 11.7. The molecule has 0 spiro atoms. The highest BCUT2D eigenvalue weighted by Crippen LogP contribution is 2.44. The summed E-state index contributed by atoms with van der Waals surface area (Å²) < 4.78 is 5.76. The first kappa shape index (κ1) is 9.82. The number of fused-ring (bicyclic) bond motifs is 2. The van der Waals surface area contributed by atoms with Crippen LogP contribution in [0.5, 0.6) is 11.5 Å². The maximum Gasteiger partial charge on any atom is 0.235 e. The first-order valence-electron chi connectivity index (χ1n) is 5.33. The number of aliphatic imine (C=N–C) groups is 1. The van der Waals surface area contributed by atoms with Crippen molar-refractivity contribution >= 4 is 6.08 Å². The van der Waals surface area contributed by atoms with Crippen LogP contribution in [0.15, 0.2) is 53.5 Å². The van der Waals surface area contributed by atoms with E-state index in [9.17, 15) is 4.79 Å². The lowest BCUT2D eigenvalue weighted by Crippen LogP contribution is -2.07. The molecule has 0 radical (unpaired) electrons. The van der Waals surface area contributed by atoms with Crippen molar-refractivity contribution in [2.45, 2.75) is 6.04 Å². The molecule has 0 aromatic heterocycles. The standard InChI is InChI=1S/C14H9NO2/c16-9-15-14-10-5-1-3-7-12(10)17-13-8-4-2-6-11(13)14/h1-8,14H. The van der Waals surface area contributed by atoms with Gasteiger partial charge in [-0.1, -0.05) is 36.4 Å². The molecule has 2 aromatic carbocycles. The molecular formula is C14H9NO2. The highest BCUT2D eigenvalue weighted by Gasteiger charge is 2.26. The fraction of sp³-hybridized carbons (Fsp3) is 0.0714. The third-order valence-electron chi connectivity index (χ3n) is 2.83. The minimum atomic E-state index is -0.311. The van der Waals surface area contributed by atoms with Crippen LogP contribution in [0.2, 0.25) is 0 Å². The molecular weight excluding hydrogens is 214 g/mol. The maximum absolute atomic E-state index is 10.6. The molecule has 82 valence electrons. The fourth-order valence-corrected chi connectivity index (χ4v) is 2.08. The highest BCUT2D eigenvalue weighted by atomic mass is 16.5. The van der Waals surface area contributed by atoms with E-state index in [-0.39, 0.29) is 6.04 Å². The van der Waals surface area contributed by atoms with Crippen LogP contribution in [-0.2, 0) is 4.79 Å². The molecule has 0 aliphatic carbocycles. The van der Waals surface area contributed by atoms with Gasteiger partial charge in [0.05, 0.1) is 0 Å². The van der Waals surface area contributed by atoms with Gasteiger partial charge in [-0.15, -0.1) is 0 Å². The van der Waals surface area contributed by atoms with Crippen LogP contribution in [0.25, 0.3) is 0 Å². The lowest BCUT2D eigenvalue weighted by molar-refractivity contribution is 0.447. The zero-order valence-electron chi connectivity index (χ0n) is 8.96. The lowest BCUT2D eigenvalue weighted by Gasteiger charge is -2.24. The summed E-state index contributed by atoms with van der Waals surface area (Å²) >= 11 is 0. The summed E-state index contributed by atoms with van der Waals surface area (Å²) in [5.41, 5.74) is 1.80. The smallest absolute Gasteiger partial charge is 0.235 e. The number of benzene rings is 2. The molecule has 2 aromatic rings. The Morgan fingerprint density at radius 3 is 2.00 bits per heavy atom. The van der Waals surface area contributed by atoms with Crippen molar-refractivity contribution in [1.82, 2.24) is 0 Å². The van der Waals surface area contributed by atoms with Gasteiger partial charge in [-0.3, -0.25) is 0 Å². The summed E-state index contributed by atoms with van der Waals surface area (Å²) in [5, 5.41) is 0. The Labute approximate surface area is 98.4 Å². The van der Waals surface area contributed by atoms with Gasteiger partial charge in [0, 0.05) is 11.1 Å². The largest absolute Gasteiger partial charge is 0.457 e. The van der Waals surface area contributed by atoms with Gasteiger partial charge in [0.1, 0.15) is 17.5 Å². The van der Waals surface area contributed by atoms with E-state index < -0.39 is 0 Å². The molecule has 0 saturated carbocycles. The Hall–Kier alpha value is -2.38. The van der Waals surface area contributed by atoms with Crippen molar-refractivity contribution in [3.63, 3.8) is 0 Å². The van der Waals surface area contributed by atoms with E-state index in [1.54, 1.807) is 6.08 Å². The summed E-state index contributed by atoms with van der Waals surface area (Å²) in [6.07, 6.45) is 1.64. The molecule has 1 heterocycles. The summed E-state index contributed by atoms with van der Waals surface area (Å²) in [6, 6.07) is 14.9. The van der Waals surface area contributed by atoms with Crippen molar-refractivity contribution in [1.29, 1.82) is 0 Å². The van der Waals surface area contributed by atoms with Crippen LogP contribution in [0, 0.1) is 0 Å². The third-order valence-corrected chi connectivity index (χ3v) is 2.83.